The number of fused-ring (bicyclic) bond motifs is 19. The minimum absolute atomic E-state index is 1.15. The second kappa shape index (κ2) is 33.5. The van der Waals surface area contributed by atoms with Crippen LogP contribution in [0.3, 0.4) is 0 Å². The van der Waals surface area contributed by atoms with E-state index in [1.54, 1.807) is 0 Å². The van der Waals surface area contributed by atoms with E-state index >= 15 is 0 Å². The van der Waals surface area contributed by atoms with Gasteiger partial charge in [-0.1, -0.05) is 352 Å². The molecular weight excluding hydrogens is 1720 g/mol. The number of aromatic nitrogens is 6. The standard InChI is InChI=1S/C70H45N3.C66H43N3/c1-2-12-53-43-58(40-33-46(53)11-1)73-69-41-34-54(51-25-21-47(22-26-51)49-29-36-56(37-30-49)71-65-17-7-3-13-59(65)60-14-4-8-18-66(60)71)44-63(69)64-45-55(35-42-70(64)73)52-27-23-48(24-28-52)50-31-38-57(39-32-50)72-67-19-9-5-15-61(67)62-16-6-10-20-68(62)72;1-4-14-52(15-5-1)67-61-22-12-10-20-55(61)57-40-48(32-36-63(57)67)44-24-28-46(29-25-44)50-34-38-65-59(42-50)60-43-51(35-39-66(60)69(65)54-18-8-3-9-19-54)47-30-26-45(27-31-47)49-33-37-64-58(41-49)56-21-11-13-23-62(56)68(64)53-16-6-2-7-17-53/h1-45H;1-43H. The molecule has 6 heterocycles. The van der Waals surface area contributed by atoms with E-state index in [9.17, 15) is 0 Å². The molecule has 0 aliphatic carbocycles. The Kier molecular flexibility index (Phi) is 19.2. The zero-order chi connectivity index (χ0) is 93.4. The first-order chi connectivity index (χ1) is 70.4. The quantitative estimate of drug-likeness (QED) is 0.104. The Hall–Kier alpha value is -18.9. The molecule has 0 amide bonds. The molecule has 0 N–H and O–H groups in total. The lowest BCUT2D eigenvalue weighted by atomic mass is 9.97. The van der Waals surface area contributed by atoms with Gasteiger partial charge in [0.2, 0.25) is 0 Å². The van der Waals surface area contributed by atoms with Crippen LogP contribution in [0.25, 0.3) is 265 Å². The zero-order valence-electron chi connectivity index (χ0n) is 77.5. The van der Waals surface area contributed by atoms with Crippen molar-refractivity contribution in [1.29, 1.82) is 0 Å². The van der Waals surface area contributed by atoms with Gasteiger partial charge >= 0.3 is 0 Å². The minimum atomic E-state index is 1.15. The Morgan fingerprint density at radius 3 is 0.486 bits per heavy atom. The first-order valence-corrected chi connectivity index (χ1v) is 48.9. The van der Waals surface area contributed by atoms with Gasteiger partial charge in [-0.15, -0.1) is 0 Å². The van der Waals surface area contributed by atoms with Crippen LogP contribution in [0.1, 0.15) is 0 Å². The number of rotatable bonds is 14. The Balaban J connectivity index is 0.000000139. The third-order valence-electron chi connectivity index (χ3n) is 29.5. The second-order valence-corrected chi connectivity index (χ2v) is 37.4. The Labute approximate surface area is 820 Å². The van der Waals surface area contributed by atoms with Crippen LogP contribution >= 0.6 is 0 Å². The molecule has 0 atom stereocenters. The molecule has 142 heavy (non-hydrogen) atoms. The summed E-state index contributed by atoms with van der Waals surface area (Å²) in [6, 6.07) is 196. The Morgan fingerprint density at radius 2 is 0.239 bits per heavy atom. The van der Waals surface area contributed by atoms with E-state index in [-0.39, 0.29) is 0 Å². The summed E-state index contributed by atoms with van der Waals surface area (Å²) in [5, 5.41) is 17.5. The maximum atomic E-state index is 2.43. The summed E-state index contributed by atoms with van der Waals surface area (Å²) in [7, 11) is 0. The van der Waals surface area contributed by atoms with Gasteiger partial charge in [0, 0.05) is 98.8 Å². The van der Waals surface area contributed by atoms with Gasteiger partial charge in [0.1, 0.15) is 0 Å². The van der Waals surface area contributed by atoms with Gasteiger partial charge in [-0.3, -0.25) is 0 Å². The molecule has 0 unspecified atom stereocenters. The summed E-state index contributed by atoms with van der Waals surface area (Å²) < 4.78 is 14.3. The normalized spacial score (nSPS) is 11.8. The molecule has 0 aliphatic heterocycles. The first kappa shape index (κ1) is 81.5. The van der Waals surface area contributed by atoms with E-state index < -0.39 is 0 Å². The Bertz CT molecular complexity index is 9410. The van der Waals surface area contributed by atoms with Crippen LogP contribution in [0.5, 0.6) is 0 Å². The van der Waals surface area contributed by atoms with E-state index in [4.69, 9.17) is 0 Å². The summed E-state index contributed by atoms with van der Waals surface area (Å²) in [6.45, 7) is 0. The summed E-state index contributed by atoms with van der Waals surface area (Å²) in [6.07, 6.45) is 0. The van der Waals surface area contributed by atoms with E-state index in [1.165, 1.54) is 242 Å². The maximum absolute atomic E-state index is 2.43. The van der Waals surface area contributed by atoms with Gasteiger partial charge in [-0.05, 0) is 282 Å². The van der Waals surface area contributed by atoms with Gasteiger partial charge in [0.15, 0.2) is 0 Å². The number of benzene rings is 23. The average Bonchev–Trinajstić information content (AvgIpc) is 1.59. The lowest BCUT2D eigenvalue weighted by Gasteiger charge is -2.11. The van der Waals surface area contributed by atoms with Gasteiger partial charge in [-0.25, -0.2) is 0 Å². The van der Waals surface area contributed by atoms with E-state index in [1.807, 2.05) is 0 Å². The number of para-hydroxylation sites is 9. The predicted octanol–water partition coefficient (Wildman–Crippen LogP) is 36.4. The highest BCUT2D eigenvalue weighted by Crippen LogP contribution is 2.46. The van der Waals surface area contributed by atoms with Crippen molar-refractivity contribution >= 4 is 142 Å². The van der Waals surface area contributed by atoms with Crippen molar-refractivity contribution < 1.29 is 0 Å². The van der Waals surface area contributed by atoms with Crippen molar-refractivity contribution in [2.75, 3.05) is 0 Å². The summed E-state index contributed by atoms with van der Waals surface area (Å²) in [4.78, 5) is 0. The molecule has 6 aromatic heterocycles. The van der Waals surface area contributed by atoms with Gasteiger partial charge in [-0.2, -0.15) is 0 Å². The van der Waals surface area contributed by atoms with Crippen molar-refractivity contribution in [3.8, 4) is 123 Å². The number of hydrogen-bond donors (Lipinski definition) is 0. The third kappa shape index (κ3) is 13.7. The molecule has 0 saturated carbocycles. The average molecular weight is 1810 g/mol. The highest BCUT2D eigenvalue weighted by atomic mass is 15.0. The molecule has 0 aliphatic rings. The minimum Gasteiger partial charge on any atom is -0.309 e. The maximum Gasteiger partial charge on any atom is 0.0541 e. The SMILES string of the molecule is c1ccc(-n2c3ccccc3c3cc(-c4ccc(-c5ccc6c(c5)c5cc(-c7ccc(-c8ccc9c(c8)c8ccccc8n9-c8ccccc8)cc7)ccc5n6-c5ccccc5)cc4)ccc32)cc1.c1ccc2cc(-n3c4ccc(-c5ccc(-c6ccc(-n7c8ccccc8c8ccccc87)cc6)cc5)cc4c4cc(-c5ccc(-c6ccc(-n7c8ccccc8c8ccccc87)cc6)cc5)ccc43)ccc2c1. The molecule has 0 fully saturated rings. The van der Waals surface area contributed by atoms with Crippen molar-refractivity contribution in [2.45, 2.75) is 0 Å². The fourth-order valence-electron chi connectivity index (χ4n) is 22.7. The molecule has 29 aromatic rings. The second-order valence-electron chi connectivity index (χ2n) is 37.4. The molecule has 662 valence electrons. The van der Waals surface area contributed by atoms with Crippen LogP contribution in [0, 0.1) is 0 Å². The lowest BCUT2D eigenvalue weighted by Crippen LogP contribution is -1.94. The fraction of sp³-hybridized carbons (Fsp3) is 0. The largest absolute Gasteiger partial charge is 0.309 e. The van der Waals surface area contributed by atoms with Gasteiger partial charge < -0.3 is 27.4 Å². The monoisotopic (exact) mass is 1800 g/mol. The summed E-state index contributed by atoms with van der Waals surface area (Å²) >= 11 is 0. The van der Waals surface area contributed by atoms with Crippen LogP contribution in [-0.4, -0.2) is 27.4 Å². The Morgan fingerprint density at radius 1 is 0.0845 bits per heavy atom. The number of hydrogen-bond acceptors (Lipinski definition) is 0. The molecule has 23 aromatic carbocycles. The van der Waals surface area contributed by atoms with Crippen molar-refractivity contribution in [2.24, 2.45) is 0 Å². The van der Waals surface area contributed by atoms with Crippen molar-refractivity contribution in [1.82, 2.24) is 27.4 Å². The van der Waals surface area contributed by atoms with Crippen LogP contribution in [0.15, 0.2) is 534 Å². The summed E-state index contributed by atoms with van der Waals surface area (Å²) in [5.74, 6) is 0. The lowest BCUT2D eigenvalue weighted by molar-refractivity contribution is 1.18. The topological polar surface area (TPSA) is 29.6 Å². The third-order valence-corrected chi connectivity index (χ3v) is 29.5. The molecule has 0 spiro atoms. The highest BCUT2D eigenvalue weighted by molar-refractivity contribution is 6.17. The van der Waals surface area contributed by atoms with Crippen LogP contribution in [-0.2, 0) is 0 Å². The highest BCUT2D eigenvalue weighted by Gasteiger charge is 2.23. The van der Waals surface area contributed by atoms with Gasteiger partial charge in [0.05, 0.1) is 66.2 Å². The van der Waals surface area contributed by atoms with Crippen LogP contribution < -0.4 is 0 Å². The molecule has 0 bridgehead atoms. The van der Waals surface area contributed by atoms with Crippen LogP contribution in [0.2, 0.25) is 0 Å². The number of nitrogens with zero attached hydrogens (tertiary/aromatic N) is 6. The van der Waals surface area contributed by atoms with E-state index in [2.05, 4.69) is 561 Å². The fourth-order valence-corrected chi connectivity index (χ4v) is 22.7. The van der Waals surface area contributed by atoms with E-state index in [0.29, 0.717) is 0 Å². The molecular formula is C136H88N6. The van der Waals surface area contributed by atoms with E-state index in [0.717, 1.165) is 22.7 Å². The molecule has 29 rings (SSSR count). The smallest absolute Gasteiger partial charge is 0.0541 e. The zero-order valence-corrected chi connectivity index (χ0v) is 77.5. The first-order valence-electron chi connectivity index (χ1n) is 48.9. The molecule has 0 saturated heterocycles. The molecule has 0 radical (unpaired) electrons. The summed E-state index contributed by atoms with van der Waals surface area (Å²) in [5.41, 5.74) is 40.6. The molecule has 6 heteroatoms. The van der Waals surface area contributed by atoms with Crippen molar-refractivity contribution in [3.63, 3.8) is 0 Å². The van der Waals surface area contributed by atoms with Gasteiger partial charge in [0.25, 0.3) is 0 Å². The molecule has 6 nitrogen and oxygen atoms in total. The predicted molar refractivity (Wildman–Crippen MR) is 600 cm³/mol. The van der Waals surface area contributed by atoms with Crippen LogP contribution in [0.4, 0.5) is 0 Å². The van der Waals surface area contributed by atoms with Crippen molar-refractivity contribution in [3.05, 3.63) is 534 Å².